The van der Waals surface area contributed by atoms with E-state index < -0.39 is 6.10 Å². The Bertz CT molecular complexity index is 1170. The lowest BCUT2D eigenvalue weighted by atomic mass is 10.0. The van der Waals surface area contributed by atoms with Crippen LogP contribution in [0, 0.1) is 0 Å². The van der Waals surface area contributed by atoms with E-state index in [0.717, 1.165) is 103 Å². The van der Waals surface area contributed by atoms with Gasteiger partial charge in [0.2, 0.25) is 0 Å². The van der Waals surface area contributed by atoms with E-state index >= 15 is 0 Å². The molecule has 0 aliphatic carbocycles. The minimum Gasteiger partial charge on any atom is -0.462 e. The average molecular weight is 833 g/mol. The first kappa shape index (κ1) is 56.8. The smallest absolute Gasteiger partial charge is 0.306 e. The summed E-state index contributed by atoms with van der Waals surface area (Å²) in [6.45, 7) is 7.51. The lowest BCUT2D eigenvalue weighted by molar-refractivity contribution is -0.163. The highest BCUT2D eigenvalue weighted by molar-refractivity contribution is 5.70. The highest BCUT2D eigenvalue weighted by atomic mass is 16.6. The normalized spacial score (nSPS) is 13.1. The van der Waals surface area contributed by atoms with Crippen LogP contribution in [-0.2, 0) is 23.8 Å². The van der Waals surface area contributed by atoms with Gasteiger partial charge in [-0.2, -0.15) is 0 Å². The summed E-state index contributed by atoms with van der Waals surface area (Å²) in [7, 11) is 0. The number of carbonyl (C=O) groups excluding carboxylic acids is 2. The molecule has 0 N–H and O–H groups in total. The maximum atomic E-state index is 12.8. The molecule has 0 saturated carbocycles. The third kappa shape index (κ3) is 47.5. The van der Waals surface area contributed by atoms with Gasteiger partial charge < -0.3 is 14.2 Å². The Morgan fingerprint density at radius 3 is 1.23 bits per heavy atom. The van der Waals surface area contributed by atoms with Crippen molar-refractivity contribution in [2.45, 2.75) is 219 Å². The Morgan fingerprint density at radius 2 is 0.767 bits per heavy atom. The first-order valence-corrected chi connectivity index (χ1v) is 24.8. The van der Waals surface area contributed by atoms with Crippen LogP contribution in [0.3, 0.4) is 0 Å². The molecule has 0 spiro atoms. The van der Waals surface area contributed by atoms with E-state index in [0.29, 0.717) is 19.4 Å². The predicted octanol–water partition coefficient (Wildman–Crippen LogP) is 16.7. The largest absolute Gasteiger partial charge is 0.462 e. The molecule has 0 aliphatic rings. The summed E-state index contributed by atoms with van der Waals surface area (Å²) in [5.41, 5.74) is 0. The maximum Gasteiger partial charge on any atom is 0.306 e. The molecule has 1 atom stereocenters. The lowest BCUT2D eigenvalue weighted by Crippen LogP contribution is -2.30. The van der Waals surface area contributed by atoms with Gasteiger partial charge in [-0.3, -0.25) is 9.59 Å². The number of carbonyl (C=O) groups is 2. The predicted molar refractivity (Wildman–Crippen MR) is 260 cm³/mol. The third-order valence-corrected chi connectivity index (χ3v) is 10.1. The summed E-state index contributed by atoms with van der Waals surface area (Å²) in [4.78, 5) is 25.3. The van der Waals surface area contributed by atoms with Crippen LogP contribution >= 0.6 is 0 Å². The van der Waals surface area contributed by atoms with Crippen molar-refractivity contribution in [3.05, 3.63) is 97.2 Å². The Hall–Kier alpha value is -3.18. The Morgan fingerprint density at radius 1 is 0.383 bits per heavy atom. The first-order valence-electron chi connectivity index (χ1n) is 24.8. The van der Waals surface area contributed by atoms with Crippen molar-refractivity contribution in [3.63, 3.8) is 0 Å². The molecular weight excluding hydrogens is 741 g/mol. The Balaban J connectivity index is 4.40. The molecule has 5 heteroatoms. The second kappa shape index (κ2) is 50.2. The van der Waals surface area contributed by atoms with Gasteiger partial charge in [0.1, 0.15) is 6.61 Å². The molecule has 0 fully saturated rings. The minimum absolute atomic E-state index is 0.0408. The maximum absolute atomic E-state index is 12.8. The van der Waals surface area contributed by atoms with Gasteiger partial charge in [-0.05, 0) is 89.9 Å². The fourth-order valence-corrected chi connectivity index (χ4v) is 6.50. The van der Waals surface area contributed by atoms with Crippen LogP contribution in [0.4, 0.5) is 0 Å². The zero-order valence-corrected chi connectivity index (χ0v) is 39.2. The van der Waals surface area contributed by atoms with Gasteiger partial charge >= 0.3 is 11.9 Å². The van der Waals surface area contributed by atoms with Crippen LogP contribution in [0.15, 0.2) is 97.2 Å². The van der Waals surface area contributed by atoms with Gasteiger partial charge in [-0.25, -0.2) is 0 Å². The molecule has 0 radical (unpaired) electrons. The summed E-state index contributed by atoms with van der Waals surface area (Å²) in [5.74, 6) is -0.500. The first-order chi connectivity index (χ1) is 29.6. The number of allylic oxidation sites excluding steroid dienone is 16. The van der Waals surface area contributed by atoms with E-state index in [-0.39, 0.29) is 25.2 Å². The van der Waals surface area contributed by atoms with E-state index in [9.17, 15) is 9.59 Å². The fourth-order valence-electron chi connectivity index (χ4n) is 6.50. The molecule has 60 heavy (non-hydrogen) atoms. The third-order valence-electron chi connectivity index (χ3n) is 10.1. The van der Waals surface area contributed by atoms with Gasteiger partial charge in [-0.1, -0.05) is 208 Å². The molecule has 0 aromatic rings. The number of ether oxygens (including phenoxy) is 3. The van der Waals surface area contributed by atoms with Crippen LogP contribution in [-0.4, -0.2) is 37.9 Å². The molecule has 342 valence electrons. The van der Waals surface area contributed by atoms with Gasteiger partial charge in [0, 0.05) is 19.4 Å². The van der Waals surface area contributed by atoms with Crippen LogP contribution in [0.2, 0.25) is 0 Å². The number of hydrogen-bond acceptors (Lipinski definition) is 5. The molecule has 5 nitrogen and oxygen atoms in total. The minimum atomic E-state index is -0.576. The number of esters is 2. The van der Waals surface area contributed by atoms with Crippen LogP contribution in [0.1, 0.15) is 213 Å². The van der Waals surface area contributed by atoms with Crippen molar-refractivity contribution in [2.24, 2.45) is 0 Å². The van der Waals surface area contributed by atoms with Gasteiger partial charge in [0.25, 0.3) is 0 Å². The molecule has 0 rings (SSSR count). The highest BCUT2D eigenvalue weighted by Crippen LogP contribution is 2.14. The Labute approximate surface area is 371 Å². The second-order valence-electron chi connectivity index (χ2n) is 16.0. The van der Waals surface area contributed by atoms with E-state index in [1.165, 1.54) is 77.0 Å². The van der Waals surface area contributed by atoms with Crippen molar-refractivity contribution in [1.29, 1.82) is 0 Å². The summed E-state index contributed by atoms with van der Waals surface area (Å²) >= 11 is 0. The van der Waals surface area contributed by atoms with E-state index in [1.54, 1.807) is 0 Å². The van der Waals surface area contributed by atoms with E-state index in [2.05, 4.69) is 118 Å². The van der Waals surface area contributed by atoms with E-state index in [4.69, 9.17) is 14.2 Å². The molecule has 0 bridgehead atoms. The number of unbranched alkanes of at least 4 members (excludes halogenated alkanes) is 17. The summed E-state index contributed by atoms with van der Waals surface area (Å²) in [6, 6.07) is 0. The molecule has 0 saturated heterocycles. The van der Waals surface area contributed by atoms with Gasteiger partial charge in [0.15, 0.2) is 6.10 Å². The molecule has 0 heterocycles. The zero-order chi connectivity index (χ0) is 43.5. The summed E-state index contributed by atoms with van der Waals surface area (Å²) in [6.07, 6.45) is 67.0. The molecule has 0 aromatic carbocycles. The van der Waals surface area contributed by atoms with Crippen molar-refractivity contribution in [3.8, 4) is 0 Å². The topological polar surface area (TPSA) is 61.8 Å². The van der Waals surface area contributed by atoms with Crippen molar-refractivity contribution < 1.29 is 23.8 Å². The monoisotopic (exact) mass is 833 g/mol. The average Bonchev–Trinajstić information content (AvgIpc) is 3.25. The van der Waals surface area contributed by atoms with Gasteiger partial charge in [0.05, 0.1) is 6.61 Å². The molecule has 1 unspecified atom stereocenters. The summed E-state index contributed by atoms with van der Waals surface area (Å²) < 4.78 is 17.3. The van der Waals surface area contributed by atoms with Crippen molar-refractivity contribution >= 4 is 11.9 Å². The second-order valence-corrected chi connectivity index (χ2v) is 16.0. The van der Waals surface area contributed by atoms with Gasteiger partial charge in [-0.15, -0.1) is 0 Å². The highest BCUT2D eigenvalue weighted by Gasteiger charge is 2.17. The molecule has 0 aliphatic heterocycles. The van der Waals surface area contributed by atoms with Crippen LogP contribution in [0.25, 0.3) is 0 Å². The lowest BCUT2D eigenvalue weighted by Gasteiger charge is -2.18. The zero-order valence-electron chi connectivity index (χ0n) is 39.2. The standard InChI is InChI=1S/C55H92O5/c1-4-7-10-13-16-19-22-25-27-28-29-31-33-36-39-42-45-48-54(56)59-52-53(51-58-50-47-44-41-38-35-32-26-23-20-17-14-11-8-5-2)60-55(57)49-46-43-40-37-34-30-24-21-18-15-12-9-6-3/h7,9-10,12,16,18-19,21,25,27,29-31,34,36,39,53H,4-6,8,11,13-15,17,20,22-24,26,28,32-33,35,37-38,40-52H2,1-3H3/b10-7-,12-9-,19-16-,21-18-,27-25-,31-29-,34-30-,39-36-. The number of rotatable bonds is 44. The van der Waals surface area contributed by atoms with Crippen molar-refractivity contribution in [2.75, 3.05) is 19.8 Å². The Kier molecular flexibility index (Phi) is 47.5. The van der Waals surface area contributed by atoms with Crippen LogP contribution < -0.4 is 0 Å². The number of hydrogen-bond donors (Lipinski definition) is 0. The fraction of sp³-hybridized carbons (Fsp3) is 0.673. The SMILES string of the molecule is CC/C=C\C/C=C\C/C=C\C/C=C\C/C=C\CCCC(=O)OCC(COCCCCCCCCCCCCCCCC)OC(=O)CCCCC/C=C\C/C=C\C/C=C\CC. The van der Waals surface area contributed by atoms with Crippen molar-refractivity contribution in [1.82, 2.24) is 0 Å². The molecule has 0 aromatic heterocycles. The van der Waals surface area contributed by atoms with Crippen LogP contribution in [0.5, 0.6) is 0 Å². The molecular formula is C55H92O5. The summed E-state index contributed by atoms with van der Waals surface area (Å²) in [5, 5.41) is 0. The quantitative estimate of drug-likeness (QED) is 0.0348. The van der Waals surface area contributed by atoms with E-state index in [1.807, 2.05) is 0 Å². The molecule has 0 amide bonds.